The van der Waals surface area contributed by atoms with Gasteiger partial charge in [-0.1, -0.05) is 27.2 Å². The van der Waals surface area contributed by atoms with E-state index in [0.29, 0.717) is 5.41 Å². The molecule has 1 aliphatic heterocycles. The number of rotatable bonds is 3. The van der Waals surface area contributed by atoms with Crippen LogP contribution in [-0.4, -0.2) is 18.3 Å². The van der Waals surface area contributed by atoms with Crippen LogP contribution in [0.2, 0.25) is 6.32 Å². The van der Waals surface area contributed by atoms with E-state index in [1.54, 1.807) is 0 Å². The van der Waals surface area contributed by atoms with E-state index in [1.807, 2.05) is 0 Å². The van der Waals surface area contributed by atoms with Crippen molar-refractivity contribution in [3.05, 3.63) is 0 Å². The summed E-state index contributed by atoms with van der Waals surface area (Å²) in [6.07, 6.45) is 3.39. The molecular weight excluding hydrogens is 199 g/mol. The molecule has 0 spiro atoms. The highest BCUT2D eigenvalue weighted by molar-refractivity contribution is 6.45. The Labute approximate surface area is 101 Å². The minimum absolute atomic E-state index is 0.0210. The lowest BCUT2D eigenvalue weighted by Gasteiger charge is -2.32. The van der Waals surface area contributed by atoms with Gasteiger partial charge in [-0.3, -0.25) is 0 Å². The molecule has 3 heteroatoms. The molecule has 0 bridgehead atoms. The molecule has 16 heavy (non-hydrogen) atoms. The minimum atomic E-state index is -0.181. The lowest BCUT2D eigenvalue weighted by Crippen LogP contribution is -2.41. The Kier molecular flexibility index (Phi) is 3.81. The standard InChI is InChI=1S/C13H27BO2/c1-11(2,3)9-8-10-14-15-12(4,5)13(6,7)16-14/h8-10H2,1-7H3. The summed E-state index contributed by atoms with van der Waals surface area (Å²) < 4.78 is 11.9. The molecule has 1 heterocycles. The summed E-state index contributed by atoms with van der Waals surface area (Å²) in [5, 5.41) is 0. The smallest absolute Gasteiger partial charge is 0.403 e. The van der Waals surface area contributed by atoms with Crippen LogP contribution in [0.15, 0.2) is 0 Å². The lowest BCUT2D eigenvalue weighted by molar-refractivity contribution is 0.00578. The number of hydrogen-bond acceptors (Lipinski definition) is 2. The van der Waals surface area contributed by atoms with Crippen molar-refractivity contribution in [2.24, 2.45) is 5.41 Å². The average Bonchev–Trinajstić information content (AvgIpc) is 2.17. The molecule has 0 atom stereocenters. The molecule has 0 amide bonds. The average molecular weight is 226 g/mol. The minimum Gasteiger partial charge on any atom is -0.403 e. The van der Waals surface area contributed by atoms with Gasteiger partial charge in [0.2, 0.25) is 0 Å². The molecule has 1 rings (SSSR count). The van der Waals surface area contributed by atoms with Gasteiger partial charge in [0.25, 0.3) is 0 Å². The highest BCUT2D eigenvalue weighted by atomic mass is 16.7. The van der Waals surface area contributed by atoms with Crippen LogP contribution in [0, 0.1) is 5.41 Å². The van der Waals surface area contributed by atoms with Crippen molar-refractivity contribution in [1.29, 1.82) is 0 Å². The first-order chi connectivity index (χ1) is 7.04. The third-order valence-electron chi connectivity index (χ3n) is 3.67. The molecule has 94 valence electrons. The molecule has 0 N–H and O–H groups in total. The zero-order chi connectivity index (χ0) is 12.6. The van der Waals surface area contributed by atoms with Gasteiger partial charge in [-0.15, -0.1) is 0 Å². The summed E-state index contributed by atoms with van der Waals surface area (Å²) in [4.78, 5) is 0. The van der Waals surface area contributed by atoms with Gasteiger partial charge in [0, 0.05) is 0 Å². The van der Waals surface area contributed by atoms with E-state index in [4.69, 9.17) is 9.31 Å². The maximum Gasteiger partial charge on any atom is 0.457 e. The summed E-state index contributed by atoms with van der Waals surface area (Å²) in [6, 6.07) is 0. The number of hydrogen-bond donors (Lipinski definition) is 0. The van der Waals surface area contributed by atoms with Crippen molar-refractivity contribution in [1.82, 2.24) is 0 Å². The normalized spacial score (nSPS) is 23.8. The van der Waals surface area contributed by atoms with Crippen molar-refractivity contribution in [3.63, 3.8) is 0 Å². The fourth-order valence-corrected chi connectivity index (χ4v) is 1.88. The fraction of sp³-hybridized carbons (Fsp3) is 1.00. The molecule has 0 aliphatic carbocycles. The van der Waals surface area contributed by atoms with Crippen LogP contribution in [0.1, 0.15) is 61.3 Å². The molecule has 1 aliphatic rings. The molecule has 0 radical (unpaired) electrons. The van der Waals surface area contributed by atoms with E-state index in [-0.39, 0.29) is 18.3 Å². The van der Waals surface area contributed by atoms with Gasteiger partial charge >= 0.3 is 7.12 Å². The topological polar surface area (TPSA) is 18.5 Å². The van der Waals surface area contributed by atoms with Crippen LogP contribution in [0.5, 0.6) is 0 Å². The Hall–Kier alpha value is -0.0151. The van der Waals surface area contributed by atoms with Gasteiger partial charge < -0.3 is 9.31 Å². The van der Waals surface area contributed by atoms with Crippen LogP contribution in [0.4, 0.5) is 0 Å². The van der Waals surface area contributed by atoms with Crippen molar-refractivity contribution < 1.29 is 9.31 Å². The predicted molar refractivity (Wildman–Crippen MR) is 69.6 cm³/mol. The van der Waals surface area contributed by atoms with Crippen LogP contribution in [0.25, 0.3) is 0 Å². The maximum atomic E-state index is 5.96. The second-order valence-corrected chi connectivity index (χ2v) is 7.14. The Bertz CT molecular complexity index is 225. The third-order valence-corrected chi connectivity index (χ3v) is 3.67. The van der Waals surface area contributed by atoms with E-state index in [0.717, 1.165) is 6.32 Å². The molecule has 0 aromatic rings. The molecule has 0 aromatic heterocycles. The Balaban J connectivity index is 2.38. The Morgan fingerprint density at radius 1 is 0.938 bits per heavy atom. The second-order valence-electron chi connectivity index (χ2n) is 7.14. The summed E-state index contributed by atoms with van der Waals surface area (Å²) in [5.74, 6) is 0. The van der Waals surface area contributed by atoms with Gasteiger partial charge in [-0.2, -0.15) is 0 Å². The molecule has 0 unspecified atom stereocenters. The highest BCUT2D eigenvalue weighted by Crippen LogP contribution is 2.38. The zero-order valence-corrected chi connectivity index (χ0v) is 12.0. The van der Waals surface area contributed by atoms with Crippen LogP contribution >= 0.6 is 0 Å². The van der Waals surface area contributed by atoms with E-state index in [9.17, 15) is 0 Å². The van der Waals surface area contributed by atoms with Crippen molar-refractivity contribution in [3.8, 4) is 0 Å². The molecule has 0 saturated carbocycles. The van der Waals surface area contributed by atoms with E-state index in [1.165, 1.54) is 12.8 Å². The van der Waals surface area contributed by atoms with Crippen molar-refractivity contribution >= 4 is 7.12 Å². The SMILES string of the molecule is CC(C)(C)CCCB1OC(C)(C)C(C)(C)O1. The first kappa shape index (κ1) is 14.0. The van der Waals surface area contributed by atoms with Crippen molar-refractivity contribution in [2.45, 2.75) is 78.8 Å². The molecule has 1 saturated heterocycles. The monoisotopic (exact) mass is 226 g/mol. The maximum absolute atomic E-state index is 5.96. The summed E-state index contributed by atoms with van der Waals surface area (Å²) in [6.45, 7) is 15.3. The molecular formula is C13H27BO2. The van der Waals surface area contributed by atoms with Gasteiger partial charge in [-0.05, 0) is 45.9 Å². The Morgan fingerprint density at radius 2 is 1.38 bits per heavy atom. The lowest BCUT2D eigenvalue weighted by atomic mass is 9.78. The van der Waals surface area contributed by atoms with E-state index >= 15 is 0 Å². The Morgan fingerprint density at radius 3 is 1.75 bits per heavy atom. The highest BCUT2D eigenvalue weighted by Gasteiger charge is 2.50. The van der Waals surface area contributed by atoms with Crippen LogP contribution in [-0.2, 0) is 9.31 Å². The third kappa shape index (κ3) is 3.49. The van der Waals surface area contributed by atoms with Gasteiger partial charge in [0.1, 0.15) is 0 Å². The quantitative estimate of drug-likeness (QED) is 0.679. The van der Waals surface area contributed by atoms with Gasteiger partial charge in [0.15, 0.2) is 0 Å². The summed E-state index contributed by atoms with van der Waals surface area (Å²) >= 11 is 0. The summed E-state index contributed by atoms with van der Waals surface area (Å²) in [7, 11) is -0.0210. The zero-order valence-electron chi connectivity index (χ0n) is 12.0. The second kappa shape index (κ2) is 4.34. The largest absolute Gasteiger partial charge is 0.457 e. The van der Waals surface area contributed by atoms with Crippen LogP contribution in [0.3, 0.4) is 0 Å². The molecule has 1 fully saturated rings. The summed E-state index contributed by atoms with van der Waals surface area (Å²) in [5.41, 5.74) is 0.0441. The first-order valence-electron chi connectivity index (χ1n) is 6.39. The van der Waals surface area contributed by atoms with Gasteiger partial charge in [0.05, 0.1) is 11.2 Å². The molecule has 2 nitrogen and oxygen atoms in total. The first-order valence-corrected chi connectivity index (χ1v) is 6.39. The molecule has 0 aromatic carbocycles. The predicted octanol–water partition coefficient (Wildman–Crippen LogP) is 3.90. The van der Waals surface area contributed by atoms with Gasteiger partial charge in [-0.25, -0.2) is 0 Å². The van der Waals surface area contributed by atoms with E-state index < -0.39 is 0 Å². The van der Waals surface area contributed by atoms with Crippen molar-refractivity contribution in [2.75, 3.05) is 0 Å². The fourth-order valence-electron chi connectivity index (χ4n) is 1.88. The van der Waals surface area contributed by atoms with E-state index in [2.05, 4.69) is 48.5 Å². The van der Waals surface area contributed by atoms with Crippen LogP contribution < -0.4 is 0 Å².